The van der Waals surface area contributed by atoms with Crippen LogP contribution in [0.2, 0.25) is 0 Å². The number of amides is 1. The predicted molar refractivity (Wildman–Crippen MR) is 80.4 cm³/mol. The van der Waals surface area contributed by atoms with Gasteiger partial charge in [-0.05, 0) is 30.3 Å². The minimum absolute atomic E-state index is 0.122. The highest BCUT2D eigenvalue weighted by molar-refractivity contribution is 7.92. The highest BCUT2D eigenvalue weighted by Crippen LogP contribution is 2.15. The van der Waals surface area contributed by atoms with E-state index in [1.807, 2.05) is 0 Å². The summed E-state index contributed by atoms with van der Waals surface area (Å²) in [7, 11) is -2.21. The molecule has 1 amide bonds. The summed E-state index contributed by atoms with van der Waals surface area (Å²) >= 11 is 0. The van der Waals surface area contributed by atoms with Crippen molar-refractivity contribution >= 4 is 27.6 Å². The molecule has 0 bridgehead atoms. The van der Waals surface area contributed by atoms with Crippen LogP contribution in [0.1, 0.15) is 10.4 Å². The highest BCUT2D eigenvalue weighted by atomic mass is 32.2. The van der Waals surface area contributed by atoms with Gasteiger partial charge >= 0.3 is 5.97 Å². The number of benzene rings is 1. The molecule has 0 aliphatic rings. The third-order valence-electron chi connectivity index (χ3n) is 2.76. The molecule has 0 aliphatic heterocycles. The first-order chi connectivity index (χ1) is 10.8. The number of carboxylic acid groups (broad SMARTS) is 1. The summed E-state index contributed by atoms with van der Waals surface area (Å²) in [5, 5.41) is 14.4. The number of nitrogens with zero attached hydrogens (tertiary/aromatic N) is 2. The third-order valence-corrected chi connectivity index (χ3v) is 4.04. The van der Waals surface area contributed by atoms with Gasteiger partial charge in [0.1, 0.15) is 6.54 Å². The molecule has 0 atom stereocenters. The lowest BCUT2D eigenvalue weighted by Gasteiger charge is -2.07. The summed E-state index contributed by atoms with van der Waals surface area (Å²) in [4.78, 5) is 22.0. The maximum absolute atomic E-state index is 12.1. The van der Waals surface area contributed by atoms with Crippen molar-refractivity contribution in [3.8, 4) is 0 Å². The normalized spacial score (nSPS) is 11.0. The molecule has 1 aromatic carbocycles. The van der Waals surface area contributed by atoms with Gasteiger partial charge in [0.25, 0.3) is 15.9 Å². The molecule has 0 fully saturated rings. The first-order valence-electron chi connectivity index (χ1n) is 6.40. The van der Waals surface area contributed by atoms with Crippen LogP contribution in [0.25, 0.3) is 0 Å². The third kappa shape index (κ3) is 4.30. The minimum atomic E-state index is -3.81. The smallest absolute Gasteiger partial charge is 0.322 e. The van der Waals surface area contributed by atoms with Gasteiger partial charge in [0, 0.05) is 24.5 Å². The molecule has 1 aromatic heterocycles. The Hall–Kier alpha value is -2.88. The van der Waals surface area contributed by atoms with Crippen molar-refractivity contribution in [2.75, 3.05) is 11.3 Å². The molecule has 0 unspecified atom stereocenters. The Balaban J connectivity index is 2.08. The van der Waals surface area contributed by atoms with Gasteiger partial charge in [-0.2, -0.15) is 13.5 Å². The van der Waals surface area contributed by atoms with Crippen molar-refractivity contribution in [3.05, 3.63) is 42.1 Å². The van der Waals surface area contributed by atoms with E-state index in [0.29, 0.717) is 0 Å². The van der Waals surface area contributed by atoms with Gasteiger partial charge in [0.15, 0.2) is 5.03 Å². The Morgan fingerprint density at radius 2 is 1.87 bits per heavy atom. The fraction of sp³-hybridized carbons (Fsp3) is 0.154. The molecule has 0 saturated carbocycles. The maximum Gasteiger partial charge on any atom is 0.322 e. The van der Waals surface area contributed by atoms with Crippen LogP contribution < -0.4 is 10.0 Å². The Morgan fingerprint density at radius 3 is 2.39 bits per heavy atom. The molecule has 0 saturated heterocycles. The lowest BCUT2D eigenvalue weighted by molar-refractivity contribution is -0.135. The summed E-state index contributed by atoms with van der Waals surface area (Å²) in [6, 6.07) is 6.92. The zero-order valence-corrected chi connectivity index (χ0v) is 12.9. The van der Waals surface area contributed by atoms with E-state index in [9.17, 15) is 18.0 Å². The zero-order chi connectivity index (χ0) is 17.0. The molecular weight excluding hydrogens is 324 g/mol. The van der Waals surface area contributed by atoms with E-state index in [0.717, 1.165) is 0 Å². The van der Waals surface area contributed by atoms with E-state index in [-0.39, 0.29) is 16.3 Å². The van der Waals surface area contributed by atoms with Crippen molar-refractivity contribution < 1.29 is 23.1 Å². The van der Waals surface area contributed by atoms with E-state index in [4.69, 9.17) is 5.11 Å². The first kappa shape index (κ1) is 16.5. The molecule has 1 heterocycles. The molecular formula is C13H14N4O5S. The molecule has 0 aliphatic carbocycles. The van der Waals surface area contributed by atoms with Gasteiger partial charge in [-0.3, -0.25) is 19.0 Å². The SMILES string of the molecule is Cn1ccc(S(=O)(=O)Nc2ccc(C(=O)NCC(=O)O)cc2)n1. The molecule has 2 rings (SSSR count). The summed E-state index contributed by atoms with van der Waals surface area (Å²) < 4.78 is 27.9. The van der Waals surface area contributed by atoms with Crippen LogP contribution in [-0.2, 0) is 21.9 Å². The number of carbonyl (C=O) groups excluding carboxylic acids is 1. The van der Waals surface area contributed by atoms with Crippen LogP contribution in [0.5, 0.6) is 0 Å². The highest BCUT2D eigenvalue weighted by Gasteiger charge is 2.17. The predicted octanol–water partition coefficient (Wildman–Crippen LogP) is 0.0353. The molecule has 0 spiro atoms. The van der Waals surface area contributed by atoms with E-state index >= 15 is 0 Å². The summed E-state index contributed by atoms with van der Waals surface area (Å²) in [5.74, 6) is -1.72. The number of hydrogen-bond donors (Lipinski definition) is 3. The fourth-order valence-corrected chi connectivity index (χ4v) is 2.72. The Labute approximate surface area is 132 Å². The van der Waals surface area contributed by atoms with Gasteiger partial charge in [0.05, 0.1) is 0 Å². The second-order valence-corrected chi connectivity index (χ2v) is 6.22. The molecule has 23 heavy (non-hydrogen) atoms. The van der Waals surface area contributed by atoms with Gasteiger partial charge in [-0.15, -0.1) is 0 Å². The topological polar surface area (TPSA) is 130 Å². The molecule has 3 N–H and O–H groups in total. The van der Waals surface area contributed by atoms with E-state index < -0.39 is 28.4 Å². The number of hydrogen-bond acceptors (Lipinski definition) is 5. The molecule has 122 valence electrons. The fourth-order valence-electron chi connectivity index (χ4n) is 1.69. The Morgan fingerprint density at radius 1 is 1.22 bits per heavy atom. The number of nitrogens with one attached hydrogen (secondary N) is 2. The maximum atomic E-state index is 12.1. The van der Waals surface area contributed by atoms with Gasteiger partial charge < -0.3 is 10.4 Å². The Bertz CT molecular complexity index is 826. The van der Waals surface area contributed by atoms with E-state index in [1.165, 1.54) is 41.2 Å². The van der Waals surface area contributed by atoms with Crippen molar-refractivity contribution in [1.29, 1.82) is 0 Å². The number of aromatic nitrogens is 2. The number of aryl methyl sites for hydroxylation is 1. The van der Waals surface area contributed by atoms with Crippen molar-refractivity contribution in [3.63, 3.8) is 0 Å². The van der Waals surface area contributed by atoms with Crippen LogP contribution in [0, 0.1) is 0 Å². The number of anilines is 1. The molecule has 2 aromatic rings. The zero-order valence-electron chi connectivity index (χ0n) is 12.1. The molecule has 9 nitrogen and oxygen atoms in total. The summed E-state index contributed by atoms with van der Waals surface area (Å²) in [6.07, 6.45) is 1.50. The largest absolute Gasteiger partial charge is 0.480 e. The lowest BCUT2D eigenvalue weighted by Crippen LogP contribution is -2.29. The average Bonchev–Trinajstić information content (AvgIpc) is 2.92. The number of rotatable bonds is 6. The van der Waals surface area contributed by atoms with Gasteiger partial charge in [0.2, 0.25) is 0 Å². The van der Waals surface area contributed by atoms with Gasteiger partial charge in [-0.1, -0.05) is 0 Å². The van der Waals surface area contributed by atoms with Crippen molar-refractivity contribution in [1.82, 2.24) is 15.1 Å². The number of sulfonamides is 1. The first-order valence-corrected chi connectivity index (χ1v) is 7.89. The van der Waals surface area contributed by atoms with Gasteiger partial charge in [-0.25, -0.2) is 0 Å². The monoisotopic (exact) mass is 338 g/mol. The van der Waals surface area contributed by atoms with Crippen molar-refractivity contribution in [2.24, 2.45) is 7.05 Å². The van der Waals surface area contributed by atoms with Crippen LogP contribution in [0.3, 0.4) is 0 Å². The van der Waals surface area contributed by atoms with Crippen LogP contribution in [-0.4, -0.2) is 41.7 Å². The average molecular weight is 338 g/mol. The van der Waals surface area contributed by atoms with Crippen LogP contribution in [0.15, 0.2) is 41.6 Å². The number of aliphatic carboxylic acids is 1. The molecule has 10 heteroatoms. The number of carbonyl (C=O) groups is 2. The number of carboxylic acids is 1. The van der Waals surface area contributed by atoms with Crippen LogP contribution in [0.4, 0.5) is 5.69 Å². The van der Waals surface area contributed by atoms with Crippen molar-refractivity contribution in [2.45, 2.75) is 5.03 Å². The lowest BCUT2D eigenvalue weighted by atomic mass is 10.2. The minimum Gasteiger partial charge on any atom is -0.480 e. The second-order valence-electron chi connectivity index (χ2n) is 4.59. The van der Waals surface area contributed by atoms with E-state index in [2.05, 4.69) is 15.1 Å². The second kappa shape index (κ2) is 6.48. The van der Waals surface area contributed by atoms with Crippen LogP contribution >= 0.6 is 0 Å². The quantitative estimate of drug-likeness (QED) is 0.681. The molecule has 0 radical (unpaired) electrons. The summed E-state index contributed by atoms with van der Waals surface area (Å²) in [6.45, 7) is -0.493. The summed E-state index contributed by atoms with van der Waals surface area (Å²) in [5.41, 5.74) is 0.470. The van der Waals surface area contributed by atoms with E-state index in [1.54, 1.807) is 7.05 Å². The Kier molecular flexibility index (Phi) is 4.65. The standard InChI is InChI=1S/C13H14N4O5S/c1-17-7-6-11(15-17)23(21,22)16-10-4-2-9(3-5-10)13(20)14-8-12(18)19/h2-7,16H,8H2,1H3,(H,14,20)(H,18,19).